The molecule has 3 nitrogen and oxygen atoms in total. The molecule has 0 radical (unpaired) electrons. The lowest BCUT2D eigenvalue weighted by atomic mass is 9.41. The largest absolute Gasteiger partial charge is 0.368 e. The molecule has 1 N–H and O–H groups in total. The molecule has 1 spiro atoms. The SMILES string of the molecule is CC1CCCCC1NC(=S)SCC(=O)C1CCC2C3CCC4CC(=O)CCC4(C)C3C3(CC3)CC12C. The van der Waals surface area contributed by atoms with Gasteiger partial charge in [-0.2, -0.15) is 0 Å². The van der Waals surface area contributed by atoms with E-state index in [0.29, 0.717) is 51.9 Å². The number of thioether (sulfide) groups is 1. The van der Waals surface area contributed by atoms with Crippen LogP contribution in [0.15, 0.2) is 0 Å². The molecule has 6 saturated carbocycles. The van der Waals surface area contributed by atoms with Gasteiger partial charge in [0.2, 0.25) is 0 Å². The number of hydrogen-bond acceptors (Lipinski definition) is 4. The van der Waals surface area contributed by atoms with Crippen LogP contribution in [-0.2, 0) is 9.59 Å². The molecule has 0 aromatic heterocycles. The first kappa shape index (κ1) is 25.8. The van der Waals surface area contributed by atoms with Gasteiger partial charge in [0.15, 0.2) is 0 Å². The first-order chi connectivity index (χ1) is 17.2. The van der Waals surface area contributed by atoms with E-state index in [0.717, 1.165) is 41.8 Å². The van der Waals surface area contributed by atoms with Gasteiger partial charge in [0.05, 0.1) is 5.75 Å². The molecule has 9 atom stereocenters. The first-order valence-electron chi connectivity index (χ1n) is 15.1. The van der Waals surface area contributed by atoms with Crippen LogP contribution in [0, 0.1) is 51.8 Å². The average Bonchev–Trinajstić information content (AvgIpc) is 3.50. The third kappa shape index (κ3) is 4.16. The van der Waals surface area contributed by atoms with Crippen molar-refractivity contribution in [2.45, 2.75) is 117 Å². The molecule has 6 rings (SSSR count). The van der Waals surface area contributed by atoms with Gasteiger partial charge in [-0.25, -0.2) is 0 Å². The number of ketones is 2. The summed E-state index contributed by atoms with van der Waals surface area (Å²) in [6.45, 7) is 7.41. The zero-order valence-electron chi connectivity index (χ0n) is 22.8. The van der Waals surface area contributed by atoms with Crippen LogP contribution in [-0.4, -0.2) is 27.7 Å². The summed E-state index contributed by atoms with van der Waals surface area (Å²) >= 11 is 7.29. The Hall–Kier alpha value is -0.420. The summed E-state index contributed by atoms with van der Waals surface area (Å²) < 4.78 is 0.835. The lowest BCUT2D eigenvalue weighted by Crippen LogP contribution is -2.58. The van der Waals surface area contributed by atoms with E-state index in [9.17, 15) is 9.59 Å². The van der Waals surface area contributed by atoms with Crippen LogP contribution in [0.25, 0.3) is 0 Å². The fourth-order valence-electron chi connectivity index (χ4n) is 10.9. The van der Waals surface area contributed by atoms with Gasteiger partial charge in [-0.05, 0) is 110 Å². The molecule has 0 saturated heterocycles. The van der Waals surface area contributed by atoms with Gasteiger partial charge in [-0.3, -0.25) is 9.59 Å². The van der Waals surface area contributed by atoms with Gasteiger partial charge < -0.3 is 5.32 Å². The minimum atomic E-state index is 0.163. The van der Waals surface area contributed by atoms with Gasteiger partial charge in [-0.1, -0.05) is 57.6 Å². The molecule has 0 heterocycles. The molecule has 0 aromatic rings. The fourth-order valence-corrected chi connectivity index (χ4v) is 12.0. The molecule has 0 amide bonds. The summed E-state index contributed by atoms with van der Waals surface area (Å²) in [5.41, 5.74) is 0.963. The minimum absolute atomic E-state index is 0.163. The maximum atomic E-state index is 13.7. The summed E-state index contributed by atoms with van der Waals surface area (Å²) in [4.78, 5) is 26.1. The van der Waals surface area contributed by atoms with Crippen molar-refractivity contribution in [3.8, 4) is 0 Å². The predicted octanol–water partition coefficient (Wildman–Crippen LogP) is 7.36. The molecular weight excluding hydrogens is 482 g/mol. The fraction of sp³-hybridized carbons (Fsp3) is 0.903. The van der Waals surface area contributed by atoms with Crippen LogP contribution in [0.3, 0.4) is 0 Å². The number of thiocarbonyl (C=S) groups is 1. The number of nitrogens with one attached hydrogen (secondary N) is 1. The van der Waals surface area contributed by atoms with Gasteiger partial charge in [-0.15, -0.1) is 0 Å². The molecule has 36 heavy (non-hydrogen) atoms. The van der Waals surface area contributed by atoms with Crippen molar-refractivity contribution >= 4 is 39.9 Å². The standard InChI is InChI=1S/C31H47NO2S2/c1-19-6-4-5-7-25(19)32-28(35)36-17-26(34)24-11-10-23-22-9-8-20-16-21(33)12-13-29(20,2)27(22)31(14-15-31)18-30(23,24)3/h19-20,22-25,27H,4-18H2,1-3H3,(H,32,35). The van der Waals surface area contributed by atoms with Crippen LogP contribution >= 0.6 is 24.0 Å². The Morgan fingerprint density at radius 1 is 1.03 bits per heavy atom. The second kappa shape index (κ2) is 9.35. The first-order valence-corrected chi connectivity index (χ1v) is 16.5. The highest BCUT2D eigenvalue weighted by Gasteiger charge is 2.71. The Balaban J connectivity index is 1.14. The quantitative estimate of drug-likeness (QED) is 0.386. The lowest BCUT2D eigenvalue weighted by molar-refractivity contribution is -0.162. The molecule has 5 heteroatoms. The number of rotatable bonds is 4. The van der Waals surface area contributed by atoms with Gasteiger partial charge in [0.25, 0.3) is 0 Å². The highest BCUT2D eigenvalue weighted by molar-refractivity contribution is 8.23. The Bertz CT molecular complexity index is 930. The van der Waals surface area contributed by atoms with Crippen LogP contribution in [0.4, 0.5) is 0 Å². The Kier molecular flexibility index (Phi) is 6.71. The number of fused-ring (bicyclic) bond motifs is 6. The highest BCUT2D eigenvalue weighted by atomic mass is 32.2. The number of carbonyl (C=O) groups is 2. The topological polar surface area (TPSA) is 46.2 Å². The minimum Gasteiger partial charge on any atom is -0.368 e. The third-order valence-electron chi connectivity index (χ3n) is 12.7. The van der Waals surface area contributed by atoms with Crippen molar-refractivity contribution in [2.75, 3.05) is 5.75 Å². The summed E-state index contributed by atoms with van der Waals surface area (Å²) in [7, 11) is 0. The van der Waals surface area contributed by atoms with Gasteiger partial charge in [0.1, 0.15) is 15.9 Å². The maximum absolute atomic E-state index is 13.7. The molecule has 0 aliphatic heterocycles. The maximum Gasteiger partial charge on any atom is 0.146 e. The molecule has 9 unspecified atom stereocenters. The van der Waals surface area contributed by atoms with E-state index >= 15 is 0 Å². The zero-order valence-corrected chi connectivity index (χ0v) is 24.4. The van der Waals surface area contributed by atoms with E-state index in [-0.39, 0.29) is 11.3 Å². The molecule has 0 bridgehead atoms. The second-order valence-corrected chi connectivity index (χ2v) is 16.2. The average molecular weight is 530 g/mol. The Labute approximate surface area is 228 Å². The van der Waals surface area contributed by atoms with Crippen molar-refractivity contribution in [1.29, 1.82) is 0 Å². The van der Waals surface area contributed by atoms with Crippen LogP contribution in [0.1, 0.15) is 111 Å². The lowest BCUT2D eigenvalue weighted by Gasteiger charge is -2.63. The van der Waals surface area contributed by atoms with Crippen molar-refractivity contribution < 1.29 is 9.59 Å². The van der Waals surface area contributed by atoms with E-state index in [1.165, 1.54) is 64.2 Å². The monoisotopic (exact) mass is 529 g/mol. The van der Waals surface area contributed by atoms with Crippen LogP contribution in [0.5, 0.6) is 0 Å². The highest BCUT2D eigenvalue weighted by Crippen LogP contribution is 2.78. The van der Waals surface area contributed by atoms with E-state index in [1.54, 1.807) is 11.8 Å². The normalized spacial score (nSPS) is 47.0. The van der Waals surface area contributed by atoms with Crippen molar-refractivity contribution in [2.24, 2.45) is 51.8 Å². The smallest absolute Gasteiger partial charge is 0.146 e. The van der Waals surface area contributed by atoms with Crippen LogP contribution in [0.2, 0.25) is 0 Å². The molecule has 0 aromatic carbocycles. The van der Waals surface area contributed by atoms with E-state index < -0.39 is 0 Å². The van der Waals surface area contributed by atoms with Gasteiger partial charge >= 0.3 is 0 Å². The number of Topliss-reactive ketones (excluding diaryl/α,β-unsaturated/α-hetero) is 2. The Morgan fingerprint density at radius 3 is 2.56 bits per heavy atom. The summed E-state index contributed by atoms with van der Waals surface area (Å²) in [6, 6.07) is 0.485. The van der Waals surface area contributed by atoms with Crippen LogP contribution < -0.4 is 5.32 Å². The number of hydrogen-bond donors (Lipinski definition) is 1. The molecule has 200 valence electrons. The van der Waals surface area contributed by atoms with Gasteiger partial charge in [0, 0.05) is 24.8 Å². The van der Waals surface area contributed by atoms with Crippen molar-refractivity contribution in [3.05, 3.63) is 0 Å². The summed E-state index contributed by atoms with van der Waals surface area (Å²) in [6.07, 6.45) is 16.7. The third-order valence-corrected chi connectivity index (χ3v) is 14.0. The second-order valence-electron chi connectivity index (χ2n) is 14.5. The summed E-state index contributed by atoms with van der Waals surface area (Å²) in [5, 5.41) is 3.59. The van der Waals surface area contributed by atoms with E-state index in [4.69, 9.17) is 12.2 Å². The van der Waals surface area contributed by atoms with E-state index in [1.807, 2.05) is 0 Å². The Morgan fingerprint density at radius 2 is 1.81 bits per heavy atom. The molecule has 6 fully saturated rings. The predicted molar refractivity (Wildman–Crippen MR) is 152 cm³/mol. The van der Waals surface area contributed by atoms with E-state index in [2.05, 4.69) is 26.1 Å². The molecular formula is C31H47NO2S2. The van der Waals surface area contributed by atoms with Crippen molar-refractivity contribution in [1.82, 2.24) is 5.32 Å². The zero-order chi connectivity index (χ0) is 25.3. The molecule has 6 aliphatic rings. The summed E-state index contributed by atoms with van der Waals surface area (Å²) in [5.74, 6) is 5.25. The van der Waals surface area contributed by atoms with Crippen molar-refractivity contribution in [3.63, 3.8) is 0 Å². The molecule has 6 aliphatic carbocycles. The number of carbonyl (C=O) groups excluding carboxylic acids is 2.